The van der Waals surface area contributed by atoms with Crippen molar-refractivity contribution in [2.45, 2.75) is 47.6 Å². The molecule has 0 saturated heterocycles. The number of ether oxygens (including phenoxy) is 2. The maximum Gasteiger partial charge on any atom is 0.368 e. The molecule has 0 fully saturated rings. The molecule has 0 saturated carbocycles. The third kappa shape index (κ3) is 5.88. The van der Waals surface area contributed by atoms with E-state index >= 15 is 26.3 Å². The number of hydrogen-bond donors (Lipinski definition) is 0. The number of benzene rings is 4. The zero-order valence-corrected chi connectivity index (χ0v) is 29.0. The minimum Gasteiger partial charge on any atom is -0.497 e. The van der Waals surface area contributed by atoms with Crippen molar-refractivity contribution in [3.63, 3.8) is 0 Å². The fourth-order valence-electron chi connectivity index (χ4n) is 6.44. The smallest absolute Gasteiger partial charge is 0.368 e. The Bertz CT molecular complexity index is 1540. The van der Waals surface area contributed by atoms with E-state index in [1.165, 1.54) is 81.5 Å². The zero-order valence-electron chi connectivity index (χ0n) is 25.2. The molecule has 0 radical (unpaired) electrons. The van der Waals surface area contributed by atoms with Gasteiger partial charge in [-0.1, -0.05) is 103 Å². The minimum atomic E-state index is -6.07. The Balaban J connectivity index is 1.89. The molecule has 0 aliphatic rings. The number of rotatable bonds is 9. The van der Waals surface area contributed by atoms with Crippen molar-refractivity contribution in [2.75, 3.05) is 14.2 Å². The van der Waals surface area contributed by atoms with Crippen LogP contribution in [-0.2, 0) is 0 Å². The largest absolute Gasteiger partial charge is 0.497 e. The lowest BCUT2D eigenvalue weighted by Crippen LogP contribution is -2.93. The van der Waals surface area contributed by atoms with Crippen molar-refractivity contribution in [3.05, 3.63) is 97.1 Å². The van der Waals surface area contributed by atoms with E-state index in [2.05, 4.69) is 0 Å². The van der Waals surface area contributed by atoms with Crippen LogP contribution in [0.25, 0.3) is 11.1 Å². The Labute approximate surface area is 261 Å². The van der Waals surface area contributed by atoms with Crippen molar-refractivity contribution in [3.8, 4) is 22.6 Å². The van der Waals surface area contributed by atoms with Crippen LogP contribution in [0.15, 0.2) is 107 Å². The van der Waals surface area contributed by atoms with Gasteiger partial charge >= 0.3 is 11.6 Å². The maximum absolute atomic E-state index is 15.3. The van der Waals surface area contributed by atoms with E-state index in [1.54, 1.807) is 31.4 Å². The van der Waals surface area contributed by atoms with Crippen molar-refractivity contribution in [1.29, 1.82) is 0 Å². The maximum atomic E-state index is 15.3. The summed E-state index contributed by atoms with van der Waals surface area (Å²) in [6.45, 7) is 4.99. The van der Waals surface area contributed by atoms with Crippen molar-refractivity contribution in [2.24, 2.45) is 0 Å². The van der Waals surface area contributed by atoms with Crippen molar-refractivity contribution in [1.82, 2.24) is 0 Å². The lowest BCUT2D eigenvalue weighted by atomic mass is 10.0. The van der Waals surface area contributed by atoms with Crippen molar-refractivity contribution >= 4 is 44.4 Å². The molecule has 0 aromatic heterocycles. The van der Waals surface area contributed by atoms with E-state index in [0.29, 0.717) is 16.9 Å². The normalized spacial score (nSPS) is 14.2. The number of hydrogen-bond acceptors (Lipinski definition) is 3. The van der Waals surface area contributed by atoms with Gasteiger partial charge in [0, 0.05) is 15.4 Å². The fourth-order valence-corrected chi connectivity index (χ4v) is 47.5. The van der Waals surface area contributed by atoms with E-state index in [4.69, 9.17) is 9.47 Å². The molecular weight excluding hydrogens is 647 g/mol. The topological polar surface area (TPSA) is 18.5 Å². The summed E-state index contributed by atoms with van der Waals surface area (Å²) >= 11 is 1.51. The number of methoxy groups -OCH3 is 2. The first-order valence-electron chi connectivity index (χ1n) is 13.8. The third-order valence-electron chi connectivity index (χ3n) is 8.32. The lowest BCUT2D eigenvalue weighted by molar-refractivity contribution is -0.104. The molecular formula is C32H34F6O2SSi3. The second-order valence-corrected chi connectivity index (χ2v) is 36.9. The average molecular weight is 681 g/mol. The molecule has 1 atom stereocenters. The van der Waals surface area contributed by atoms with Crippen LogP contribution in [0.1, 0.15) is 0 Å². The van der Waals surface area contributed by atoms with Crippen LogP contribution >= 0.6 is 11.8 Å². The Kier molecular flexibility index (Phi) is 9.61. The highest BCUT2D eigenvalue weighted by atomic mass is 32.2. The van der Waals surface area contributed by atoms with E-state index in [1.807, 2.05) is 36.4 Å². The minimum absolute atomic E-state index is 0.124. The molecule has 0 amide bonds. The summed E-state index contributed by atoms with van der Waals surface area (Å²) in [7, 11) is -11.4. The van der Waals surface area contributed by atoms with Crippen LogP contribution in [0.2, 0.25) is 26.2 Å². The first kappa shape index (κ1) is 33.9. The predicted octanol–water partition coefficient (Wildman–Crippen LogP) is 8.86. The monoisotopic (exact) mass is 680 g/mol. The lowest BCUT2D eigenvalue weighted by Gasteiger charge is -2.53. The molecule has 12 heteroatoms. The zero-order chi connectivity index (χ0) is 32.6. The molecule has 234 valence electrons. The average Bonchev–Trinajstić information content (AvgIpc) is 2.96. The highest BCUT2D eigenvalue weighted by molar-refractivity contribution is 7.99. The molecule has 0 N–H and O–H groups in total. The number of alkyl halides is 6. The van der Waals surface area contributed by atoms with Gasteiger partial charge < -0.3 is 9.47 Å². The predicted molar refractivity (Wildman–Crippen MR) is 174 cm³/mol. The fraction of sp³-hybridized carbons (Fsp3) is 0.250. The highest BCUT2D eigenvalue weighted by Crippen LogP contribution is 2.51. The summed E-state index contributed by atoms with van der Waals surface area (Å²) in [6, 6.07) is 26.9. The third-order valence-corrected chi connectivity index (χ3v) is 45.4. The molecule has 1 unspecified atom stereocenters. The molecule has 4 aromatic carbocycles. The summed E-state index contributed by atoms with van der Waals surface area (Å²) in [6.07, 6.45) is 0. The molecule has 4 aromatic rings. The van der Waals surface area contributed by atoms with Crippen LogP contribution < -0.4 is 19.8 Å². The van der Waals surface area contributed by atoms with Crippen LogP contribution in [0, 0.1) is 0 Å². The first-order chi connectivity index (χ1) is 20.5. The number of halogens is 6. The van der Waals surface area contributed by atoms with Gasteiger partial charge in [0.1, 0.15) is 19.1 Å². The van der Waals surface area contributed by atoms with E-state index in [-0.39, 0.29) is 10.4 Å². The molecule has 0 spiro atoms. The second-order valence-electron chi connectivity index (χ2n) is 11.7. The molecule has 0 heterocycles. The Morgan fingerprint density at radius 2 is 1.11 bits per heavy atom. The Morgan fingerprint density at radius 1 is 0.591 bits per heavy atom. The molecule has 4 rings (SSSR count). The van der Waals surface area contributed by atoms with Gasteiger partial charge in [-0.15, -0.1) is 0 Å². The van der Waals surface area contributed by atoms with E-state index in [9.17, 15) is 0 Å². The molecule has 0 aliphatic carbocycles. The summed E-state index contributed by atoms with van der Waals surface area (Å²) in [4.78, 5) is 1.85. The van der Waals surface area contributed by atoms with Gasteiger partial charge in [-0.05, 0) is 48.0 Å². The molecule has 0 aliphatic heterocycles. The van der Waals surface area contributed by atoms with Crippen LogP contribution in [0.3, 0.4) is 0 Å². The second kappa shape index (κ2) is 12.5. The van der Waals surface area contributed by atoms with Gasteiger partial charge in [-0.3, -0.25) is 0 Å². The van der Waals surface area contributed by atoms with Crippen molar-refractivity contribution < 1.29 is 35.8 Å². The van der Waals surface area contributed by atoms with E-state index in [0.717, 1.165) is 15.5 Å². The van der Waals surface area contributed by atoms with Crippen LogP contribution in [0.5, 0.6) is 11.5 Å². The summed E-state index contributed by atoms with van der Waals surface area (Å²) in [5, 5.41) is 0.269. The molecule has 44 heavy (non-hydrogen) atoms. The standard InChI is InChI=1S/C32H34F6O2SSi3/c1-39-24-14-16-25(17-15-24)41-26-18-21-30(40-2)29(22-26)23-12-19-28(20-13-23)43(6,27-10-8-7-9-11-27)44(31(33,34)35,32(36,37)38)42(3,4)5/h7-22H,1-6H3. The molecule has 0 bridgehead atoms. The molecule has 2 nitrogen and oxygen atoms in total. The Morgan fingerprint density at radius 3 is 1.59 bits per heavy atom. The summed E-state index contributed by atoms with van der Waals surface area (Å²) in [5.74, 6) is -9.51. The summed E-state index contributed by atoms with van der Waals surface area (Å²) < 4.78 is 103. The van der Waals surface area contributed by atoms with Gasteiger partial charge in [-0.2, -0.15) is 26.3 Å². The SMILES string of the molecule is COc1ccc(Sc2ccc(OC)c(-c3ccc([Si](C)(c4ccccc4)[Si](C(F)(F)F)(C(F)(F)F)[Si](C)(C)C)cc3)c2)cc1. The van der Waals surface area contributed by atoms with Crippen LogP contribution in [0.4, 0.5) is 26.3 Å². The van der Waals surface area contributed by atoms with Gasteiger partial charge in [0.25, 0.3) is 7.11 Å². The van der Waals surface area contributed by atoms with Gasteiger partial charge in [-0.25, -0.2) is 0 Å². The summed E-state index contributed by atoms with van der Waals surface area (Å²) in [5.41, 5.74) is 1.31. The van der Waals surface area contributed by atoms with E-state index < -0.39 is 33.9 Å². The highest BCUT2D eigenvalue weighted by Gasteiger charge is 2.86. The van der Waals surface area contributed by atoms with Gasteiger partial charge in [0.15, 0.2) is 0 Å². The van der Waals surface area contributed by atoms with Gasteiger partial charge in [0.05, 0.1) is 21.8 Å². The first-order valence-corrected chi connectivity index (χ1v) is 24.6. The van der Waals surface area contributed by atoms with Crippen LogP contribution in [-0.4, -0.2) is 48.1 Å². The van der Waals surface area contributed by atoms with Gasteiger partial charge in [0.2, 0.25) is 0 Å². The quantitative estimate of drug-likeness (QED) is 0.130. The Hall–Kier alpha value is -2.94.